The molecule has 1 aliphatic rings. The van der Waals surface area contributed by atoms with Gasteiger partial charge in [0, 0.05) is 118 Å². The topological polar surface area (TPSA) is 486 Å². The Hall–Kier alpha value is -10.3. The zero-order valence-electron chi connectivity index (χ0n) is 63.3. The number of ether oxygens (including phenoxy) is 2. The van der Waals surface area contributed by atoms with Crippen LogP contribution in [0.1, 0.15) is 170 Å². The van der Waals surface area contributed by atoms with Gasteiger partial charge in [-0.25, -0.2) is 24.0 Å². The summed E-state index contributed by atoms with van der Waals surface area (Å²) in [6, 6.07) is 5.54. The maximum absolute atomic E-state index is 11.4. The summed E-state index contributed by atoms with van der Waals surface area (Å²) in [6.07, 6.45) is 14.6. The predicted molar refractivity (Wildman–Crippen MR) is 411 cm³/mol. The molecular weight excluding hydrogens is 1320 g/mol. The molecule has 8 rings (SSSR count). The van der Waals surface area contributed by atoms with Gasteiger partial charge in [-0.1, -0.05) is 109 Å². The third-order valence-electron chi connectivity index (χ3n) is 12.6. The molecule has 0 spiro atoms. The molecule has 0 unspecified atom stereocenters. The van der Waals surface area contributed by atoms with Gasteiger partial charge >= 0.3 is 28.4 Å². The number of aromatic nitrogens is 12. The number of hydrogen-bond acceptors (Lipinski definition) is 19. The van der Waals surface area contributed by atoms with Crippen molar-refractivity contribution in [2.45, 2.75) is 203 Å². The molecule has 0 bridgehead atoms. The number of nitrogens with one attached hydrogen (secondary N) is 10. The number of nitrogens with two attached hydrogens (primary N) is 3. The molecule has 566 valence electrons. The lowest BCUT2D eigenvalue weighted by atomic mass is 10.2. The van der Waals surface area contributed by atoms with Crippen molar-refractivity contribution in [2.24, 2.45) is 24.2 Å². The van der Waals surface area contributed by atoms with Crippen molar-refractivity contribution in [3.8, 4) is 17.2 Å². The van der Waals surface area contributed by atoms with Gasteiger partial charge in [0.15, 0.2) is 23.3 Å². The van der Waals surface area contributed by atoms with Crippen LogP contribution in [0.15, 0.2) is 103 Å². The minimum Gasteiger partial charge on any atom is -0.489 e. The number of unbranched alkanes of at least 4 members (excludes halogenated alkanes) is 1. The standard InChI is InChI=1S/C15H18N6O2S.C11H17N3O2.C9H14N4O2.C9H14N2O2.C7H11N3O2.C5H6N2O2.6C2H6/c1-20(14(16)17)6-7-22-9-4-3-5-10-12(9)18-13-11(23-10)8-21(2)15(24)19-13;1-3-9(12)5-4-6-14-7-8(2)10(15)13-11(14)16;1-6-5-13(4-2-3-7(10)11)9(15)12-8(6)14;1-3-4-5-11-6-7(2)8(12)10-9(11)13;1-5-4-10(3-2-8)7(12)9-6(5)11;1-3-2-6-5(9)7-4(3)8;6*1-2/h3-5,8H,6-7H2,1-2H3,(H3,16,17)(H,18,19,24);7,12H,3-6H2,1-2H3,(H,13,15,16);5H,2-4H2,1H3,(H3,10,11)(H,12,14,15);6H,3-5H2,1-2H3,(H,10,12,13);4H,2-3,8H2,1H3,(H,9,11,12);2H,1H3,(H2,6,7,8,9);6*1-2H3. The van der Waals surface area contributed by atoms with E-state index in [1.807, 2.05) is 115 Å². The van der Waals surface area contributed by atoms with Crippen molar-refractivity contribution in [3.05, 3.63) is 192 Å². The van der Waals surface area contributed by atoms with Crippen LogP contribution in [0.2, 0.25) is 0 Å². The third-order valence-corrected chi connectivity index (χ3v) is 13.0. The number of guanidine groups is 1. The summed E-state index contributed by atoms with van der Waals surface area (Å²) in [5, 5.41) is 25.1. The minimum absolute atomic E-state index is 0.000814. The highest BCUT2D eigenvalue weighted by molar-refractivity contribution is 7.71. The number of benzene rings is 1. The summed E-state index contributed by atoms with van der Waals surface area (Å²) >= 11 is 5.18. The number of H-pyrrole nitrogens is 6. The lowest BCUT2D eigenvalue weighted by Gasteiger charge is -2.24. The Balaban J connectivity index is -0.000000554. The first-order valence-corrected chi connectivity index (χ1v) is 34.3. The fourth-order valence-electron chi connectivity index (χ4n) is 7.34. The van der Waals surface area contributed by atoms with Crippen LogP contribution in [0, 0.1) is 55.6 Å². The van der Waals surface area contributed by atoms with Crippen LogP contribution < -0.4 is 88.2 Å². The van der Waals surface area contributed by atoms with E-state index in [0.717, 1.165) is 25.7 Å². The Morgan fingerprint density at radius 1 is 0.574 bits per heavy atom. The first kappa shape index (κ1) is 97.1. The number of aromatic amines is 6. The number of amidine groups is 1. The van der Waals surface area contributed by atoms with Crippen LogP contribution in [0.3, 0.4) is 0 Å². The number of likely N-dealkylation sites (N-methyl/N-ethyl adjacent to an activating group) is 1. The molecule has 33 heteroatoms. The summed E-state index contributed by atoms with van der Waals surface area (Å²) in [5.74, 6) is 2.55. The molecular formula is C68H116N20O12S. The fourth-order valence-corrected chi connectivity index (χ4v) is 7.48. The van der Waals surface area contributed by atoms with Crippen molar-refractivity contribution in [1.29, 1.82) is 16.2 Å². The van der Waals surface area contributed by atoms with Gasteiger partial charge in [-0.3, -0.25) is 64.3 Å². The van der Waals surface area contributed by atoms with E-state index in [1.54, 1.807) is 74.3 Å². The van der Waals surface area contributed by atoms with Gasteiger partial charge < -0.3 is 65.6 Å². The molecule has 16 N–H and O–H groups in total. The highest BCUT2D eigenvalue weighted by Crippen LogP contribution is 2.45. The normalized spacial score (nSPS) is 9.64. The van der Waals surface area contributed by atoms with Gasteiger partial charge in [-0.05, 0) is 91.1 Å². The summed E-state index contributed by atoms with van der Waals surface area (Å²) in [5.41, 5.74) is 16.2. The Labute approximate surface area is 595 Å². The summed E-state index contributed by atoms with van der Waals surface area (Å²) in [4.78, 5) is 129. The number of nitrogens with zero attached hydrogens (tertiary/aromatic N) is 7. The molecule has 0 radical (unpaired) electrons. The molecule has 0 amide bonds. The molecule has 1 aromatic carbocycles. The van der Waals surface area contributed by atoms with Gasteiger partial charge in [-0.15, -0.1) is 0 Å². The summed E-state index contributed by atoms with van der Waals surface area (Å²) in [7, 11) is 3.55. The number of para-hydroxylation sites is 1. The van der Waals surface area contributed by atoms with E-state index >= 15 is 0 Å². The number of rotatable bonds is 18. The lowest BCUT2D eigenvalue weighted by molar-refractivity contribution is 0.283. The highest BCUT2D eigenvalue weighted by atomic mass is 32.1. The SMILES string of the molecule is CC.CC.CC.CC.CC.CC.CCC(=N)CCCn1cc(C)c(=O)[nH]c1=O.CCCCn1cc(C)c(=O)[nH]c1=O.CN(CCOc1cccc2c1Nc1nc(=S)n(C)cc1O2)C(=N)N.Cc1c[nH]c(=O)[nH]c1=O.Cc1cn(CCCC(=N)N)c(=O)[nH]c1=O.Cc1cn(CCN)c(=O)[nH]c1=O. The van der Waals surface area contributed by atoms with Crippen LogP contribution in [-0.4, -0.2) is 107 Å². The van der Waals surface area contributed by atoms with Crippen LogP contribution in [0.25, 0.3) is 0 Å². The Morgan fingerprint density at radius 3 is 1.36 bits per heavy atom. The number of aryl methyl sites for hydroxylation is 9. The molecule has 101 heavy (non-hydrogen) atoms. The van der Waals surface area contributed by atoms with Crippen molar-refractivity contribution in [1.82, 2.24) is 62.6 Å². The van der Waals surface area contributed by atoms with E-state index in [9.17, 15) is 47.9 Å². The van der Waals surface area contributed by atoms with E-state index in [1.165, 1.54) is 32.3 Å². The maximum Gasteiger partial charge on any atom is 0.328 e. The second-order valence-corrected chi connectivity index (χ2v) is 20.4. The average molecular weight is 1440 g/mol. The van der Waals surface area contributed by atoms with Gasteiger partial charge in [0.1, 0.15) is 18.0 Å². The molecule has 7 aromatic rings. The second kappa shape index (κ2) is 55.6. The average Bonchev–Trinajstić information content (AvgIpc) is 0.781. The lowest BCUT2D eigenvalue weighted by Crippen LogP contribution is -2.35. The van der Waals surface area contributed by atoms with E-state index in [2.05, 4.69) is 47.1 Å². The second-order valence-electron chi connectivity index (χ2n) is 20.0. The van der Waals surface area contributed by atoms with Crippen LogP contribution in [0.5, 0.6) is 17.2 Å². The zero-order chi connectivity index (χ0) is 78.7. The van der Waals surface area contributed by atoms with E-state index in [0.29, 0.717) is 132 Å². The largest absolute Gasteiger partial charge is 0.489 e. The van der Waals surface area contributed by atoms with E-state index in [4.69, 9.17) is 55.1 Å². The molecule has 1 aliphatic heterocycles. The monoisotopic (exact) mass is 1440 g/mol. The van der Waals surface area contributed by atoms with Crippen molar-refractivity contribution in [2.75, 3.05) is 32.1 Å². The van der Waals surface area contributed by atoms with Gasteiger partial charge in [0.05, 0.1) is 18.6 Å². The molecule has 6 aromatic heterocycles. The van der Waals surface area contributed by atoms with Crippen LogP contribution >= 0.6 is 12.2 Å². The number of hydrogen-bond donors (Lipinski definition) is 13. The van der Waals surface area contributed by atoms with Gasteiger partial charge in [0.2, 0.25) is 4.77 Å². The summed E-state index contributed by atoms with van der Waals surface area (Å²) < 4.78 is 19.7. The number of anilines is 2. The zero-order valence-corrected chi connectivity index (χ0v) is 64.1. The molecule has 0 fully saturated rings. The van der Waals surface area contributed by atoms with Crippen molar-refractivity contribution < 1.29 is 9.47 Å². The van der Waals surface area contributed by atoms with Crippen molar-refractivity contribution >= 4 is 41.2 Å². The molecule has 0 atom stereocenters. The first-order chi connectivity index (χ1) is 48.0. The Kier molecular flexibility index (Phi) is 53.4. The predicted octanol–water partition coefficient (Wildman–Crippen LogP) is 7.80. The Morgan fingerprint density at radius 2 is 0.980 bits per heavy atom. The molecule has 7 heterocycles. The Bertz CT molecular complexity index is 4260. The van der Waals surface area contributed by atoms with E-state index < -0.39 is 17.1 Å². The quantitative estimate of drug-likeness (QED) is 0.0221. The first-order valence-electron chi connectivity index (χ1n) is 33.9. The smallest absolute Gasteiger partial charge is 0.328 e. The molecule has 0 saturated carbocycles. The van der Waals surface area contributed by atoms with Gasteiger partial charge in [-0.2, -0.15) is 4.98 Å². The van der Waals surface area contributed by atoms with Crippen molar-refractivity contribution in [3.63, 3.8) is 0 Å². The minimum atomic E-state index is -0.467. The summed E-state index contributed by atoms with van der Waals surface area (Å²) in [6.45, 7) is 39.6. The van der Waals surface area contributed by atoms with Crippen LogP contribution in [0.4, 0.5) is 11.5 Å². The fraction of sp³-hybridized carbons (Fsp3) is 0.515. The maximum atomic E-state index is 11.4. The van der Waals surface area contributed by atoms with Crippen LogP contribution in [-0.2, 0) is 33.2 Å². The molecule has 0 saturated heterocycles. The third kappa shape index (κ3) is 37.5. The number of fused-ring (bicyclic) bond motifs is 2. The van der Waals surface area contributed by atoms with E-state index in [-0.39, 0.29) is 51.0 Å². The molecule has 0 aliphatic carbocycles. The highest BCUT2D eigenvalue weighted by Gasteiger charge is 2.22. The molecule has 32 nitrogen and oxygen atoms in total. The van der Waals surface area contributed by atoms with Gasteiger partial charge in [0.25, 0.3) is 27.8 Å².